The van der Waals surface area contributed by atoms with Gasteiger partial charge < -0.3 is 5.32 Å². The Morgan fingerprint density at radius 2 is 2.17 bits per heavy atom. The zero-order valence-corrected chi connectivity index (χ0v) is 17.0. The van der Waals surface area contributed by atoms with Crippen LogP contribution in [0, 0.1) is 4.77 Å². The van der Waals surface area contributed by atoms with Gasteiger partial charge in [0.05, 0.1) is 5.56 Å². The van der Waals surface area contributed by atoms with Crippen LogP contribution in [0.25, 0.3) is 0 Å². The third kappa shape index (κ3) is 5.51. The number of carbonyl (C=O) groups excluding carboxylic acids is 1. The Morgan fingerprint density at radius 3 is 2.90 bits per heavy atom. The van der Waals surface area contributed by atoms with E-state index in [4.69, 9.17) is 12.2 Å². The molecule has 3 aromatic rings. The molecule has 0 aliphatic carbocycles. The maximum atomic E-state index is 12.8. The van der Waals surface area contributed by atoms with E-state index >= 15 is 0 Å². The van der Waals surface area contributed by atoms with Crippen molar-refractivity contribution in [3.63, 3.8) is 0 Å². The Balaban J connectivity index is 1.64. The topological polar surface area (TPSA) is 75.6 Å². The molecule has 0 bridgehead atoms. The number of aromatic amines is 1. The molecule has 0 aliphatic rings. The van der Waals surface area contributed by atoms with Gasteiger partial charge in [0.25, 0.3) is 0 Å². The average molecular weight is 442 g/mol. The average Bonchev–Trinajstić information content (AvgIpc) is 3.23. The van der Waals surface area contributed by atoms with Gasteiger partial charge in [-0.15, -0.1) is 11.3 Å². The highest BCUT2D eigenvalue weighted by atomic mass is 32.1. The van der Waals surface area contributed by atoms with Crippen molar-refractivity contribution < 1.29 is 18.0 Å². The number of aromatic nitrogens is 4. The molecule has 0 saturated heterocycles. The van der Waals surface area contributed by atoms with E-state index in [0.29, 0.717) is 34.1 Å². The van der Waals surface area contributed by atoms with Crippen LogP contribution in [0.1, 0.15) is 35.2 Å². The number of carbonyl (C=O) groups is 1. The number of alkyl halides is 3. The molecular formula is C18H18F3N5OS2. The van der Waals surface area contributed by atoms with Gasteiger partial charge in [-0.3, -0.25) is 14.5 Å². The maximum absolute atomic E-state index is 12.8. The van der Waals surface area contributed by atoms with Crippen LogP contribution in [0.2, 0.25) is 0 Å². The zero-order valence-electron chi connectivity index (χ0n) is 15.4. The molecule has 29 heavy (non-hydrogen) atoms. The van der Waals surface area contributed by atoms with E-state index in [1.165, 1.54) is 17.4 Å². The van der Waals surface area contributed by atoms with Crippen LogP contribution in [0.5, 0.6) is 0 Å². The van der Waals surface area contributed by atoms with Gasteiger partial charge in [0.15, 0.2) is 9.90 Å². The summed E-state index contributed by atoms with van der Waals surface area (Å²) in [7, 11) is 0. The van der Waals surface area contributed by atoms with E-state index in [-0.39, 0.29) is 12.5 Å². The van der Waals surface area contributed by atoms with Gasteiger partial charge in [-0.2, -0.15) is 18.3 Å². The molecule has 11 heteroatoms. The molecule has 0 saturated carbocycles. The molecule has 2 aromatic heterocycles. The van der Waals surface area contributed by atoms with Crippen molar-refractivity contribution in [3.05, 3.63) is 57.1 Å². The fourth-order valence-electron chi connectivity index (χ4n) is 2.74. The fraction of sp³-hybridized carbons (Fsp3) is 0.333. The van der Waals surface area contributed by atoms with Gasteiger partial charge in [-0.05, 0) is 30.3 Å². The number of halogens is 3. The molecule has 2 N–H and O–H groups in total. The minimum Gasteiger partial charge on any atom is -0.300 e. The van der Waals surface area contributed by atoms with E-state index in [0.717, 1.165) is 23.4 Å². The summed E-state index contributed by atoms with van der Waals surface area (Å²) in [6.07, 6.45) is -0.976. The van der Waals surface area contributed by atoms with E-state index in [1.54, 1.807) is 16.8 Å². The van der Waals surface area contributed by atoms with Gasteiger partial charge >= 0.3 is 6.18 Å². The van der Waals surface area contributed by atoms with Crippen molar-refractivity contribution in [2.45, 2.75) is 38.9 Å². The Kier molecular flexibility index (Phi) is 6.48. The van der Waals surface area contributed by atoms with E-state index in [1.807, 2.05) is 6.92 Å². The third-order valence-corrected chi connectivity index (χ3v) is 5.27. The maximum Gasteiger partial charge on any atom is 0.416 e. The van der Waals surface area contributed by atoms with Crippen molar-refractivity contribution in [1.29, 1.82) is 0 Å². The number of benzene rings is 1. The third-order valence-electron chi connectivity index (χ3n) is 4.05. The molecule has 1 amide bonds. The Hall–Kier alpha value is -2.53. The number of rotatable bonds is 7. The summed E-state index contributed by atoms with van der Waals surface area (Å²) >= 11 is 6.37. The molecule has 2 heterocycles. The van der Waals surface area contributed by atoms with Crippen LogP contribution in [-0.4, -0.2) is 25.7 Å². The highest BCUT2D eigenvalue weighted by Crippen LogP contribution is 2.30. The van der Waals surface area contributed by atoms with Crippen molar-refractivity contribution in [2.24, 2.45) is 0 Å². The van der Waals surface area contributed by atoms with Crippen LogP contribution in [0.3, 0.4) is 0 Å². The second-order valence-electron chi connectivity index (χ2n) is 6.34. The Morgan fingerprint density at radius 1 is 1.38 bits per heavy atom. The summed E-state index contributed by atoms with van der Waals surface area (Å²) in [6, 6.07) is 5.16. The standard InChI is InChI=1S/C18H18F3N5OS2/c1-2-4-14-24-25-17(28)26(14)10-15(27)23-16-22-9-13(29-16)8-11-5-3-6-12(7-11)18(19,20)21/h3,5-7,9H,2,4,8,10H2,1H3,(H,25,28)(H,22,23,27). The lowest BCUT2D eigenvalue weighted by Crippen LogP contribution is -2.20. The van der Waals surface area contributed by atoms with Gasteiger partial charge in [0.1, 0.15) is 12.4 Å². The first-order chi connectivity index (χ1) is 13.8. The molecule has 0 aliphatic heterocycles. The van der Waals surface area contributed by atoms with E-state index in [9.17, 15) is 18.0 Å². The first-order valence-corrected chi connectivity index (χ1v) is 10.0. The second-order valence-corrected chi connectivity index (χ2v) is 7.84. The van der Waals surface area contributed by atoms with Gasteiger partial charge in [-0.1, -0.05) is 25.1 Å². The SMILES string of the molecule is CCCc1n[nH]c(=S)n1CC(=O)Nc1ncc(Cc2cccc(C(F)(F)F)c2)s1. The lowest BCUT2D eigenvalue weighted by Gasteiger charge is -2.08. The normalized spacial score (nSPS) is 11.6. The largest absolute Gasteiger partial charge is 0.416 e. The van der Waals surface area contributed by atoms with Gasteiger partial charge in [0, 0.05) is 23.9 Å². The van der Waals surface area contributed by atoms with Crippen molar-refractivity contribution in [3.8, 4) is 0 Å². The van der Waals surface area contributed by atoms with Crippen LogP contribution < -0.4 is 5.32 Å². The monoisotopic (exact) mass is 441 g/mol. The lowest BCUT2D eigenvalue weighted by atomic mass is 10.1. The van der Waals surface area contributed by atoms with Crippen molar-refractivity contribution >= 4 is 34.6 Å². The number of amides is 1. The van der Waals surface area contributed by atoms with Crippen LogP contribution >= 0.6 is 23.6 Å². The van der Waals surface area contributed by atoms with Crippen LogP contribution in [0.15, 0.2) is 30.5 Å². The summed E-state index contributed by atoms with van der Waals surface area (Å²) in [4.78, 5) is 17.2. The number of anilines is 1. The Bertz CT molecular complexity index is 1050. The summed E-state index contributed by atoms with van der Waals surface area (Å²) in [5, 5.41) is 9.87. The summed E-state index contributed by atoms with van der Waals surface area (Å²) in [5.74, 6) is 0.400. The number of H-pyrrole nitrogens is 1. The zero-order chi connectivity index (χ0) is 21.0. The lowest BCUT2D eigenvalue weighted by molar-refractivity contribution is -0.137. The Labute approximate surface area is 173 Å². The molecular weight excluding hydrogens is 423 g/mol. The smallest absolute Gasteiger partial charge is 0.300 e. The van der Waals surface area contributed by atoms with Crippen molar-refractivity contribution in [2.75, 3.05) is 5.32 Å². The highest BCUT2D eigenvalue weighted by Gasteiger charge is 2.30. The molecule has 0 fully saturated rings. The number of aryl methyl sites for hydroxylation is 1. The number of nitrogens with one attached hydrogen (secondary N) is 2. The highest BCUT2D eigenvalue weighted by molar-refractivity contribution is 7.71. The molecule has 0 atom stereocenters. The van der Waals surface area contributed by atoms with E-state index < -0.39 is 11.7 Å². The predicted octanol–water partition coefficient (Wildman–Crippen LogP) is 4.60. The minimum absolute atomic E-state index is 0.00715. The molecule has 154 valence electrons. The molecule has 6 nitrogen and oxygen atoms in total. The fourth-order valence-corrected chi connectivity index (χ4v) is 3.81. The van der Waals surface area contributed by atoms with Crippen LogP contribution in [-0.2, 0) is 30.4 Å². The first-order valence-electron chi connectivity index (χ1n) is 8.81. The quantitative estimate of drug-likeness (QED) is 0.526. The summed E-state index contributed by atoms with van der Waals surface area (Å²) in [6.45, 7) is 2.01. The number of nitrogens with zero attached hydrogens (tertiary/aromatic N) is 3. The molecule has 0 unspecified atom stereocenters. The molecule has 3 rings (SSSR count). The summed E-state index contributed by atoms with van der Waals surface area (Å²) in [5.41, 5.74) is -0.164. The van der Waals surface area contributed by atoms with E-state index in [2.05, 4.69) is 20.5 Å². The molecule has 1 aromatic carbocycles. The first kappa shape index (κ1) is 21.2. The predicted molar refractivity (Wildman–Crippen MR) is 106 cm³/mol. The summed E-state index contributed by atoms with van der Waals surface area (Å²) < 4.78 is 40.5. The number of hydrogen-bond donors (Lipinski definition) is 2. The minimum atomic E-state index is -4.38. The van der Waals surface area contributed by atoms with Crippen LogP contribution in [0.4, 0.5) is 18.3 Å². The molecule has 0 spiro atoms. The van der Waals surface area contributed by atoms with Gasteiger partial charge in [-0.25, -0.2) is 4.98 Å². The van der Waals surface area contributed by atoms with Gasteiger partial charge in [0.2, 0.25) is 5.91 Å². The van der Waals surface area contributed by atoms with Crippen molar-refractivity contribution in [1.82, 2.24) is 19.7 Å². The number of thiazole rings is 1. The number of hydrogen-bond acceptors (Lipinski definition) is 5. The second kappa shape index (κ2) is 8.87. The molecule has 0 radical (unpaired) electrons.